The van der Waals surface area contributed by atoms with Gasteiger partial charge in [0.15, 0.2) is 0 Å². The molecule has 104 valence electrons. The third kappa shape index (κ3) is 3.00. The van der Waals surface area contributed by atoms with Crippen molar-refractivity contribution in [2.45, 2.75) is 19.4 Å². The summed E-state index contributed by atoms with van der Waals surface area (Å²) in [5.41, 5.74) is 0.408. The average molecular weight is 271 g/mol. The maximum absolute atomic E-state index is 12.6. The summed E-state index contributed by atoms with van der Waals surface area (Å²) in [4.78, 5) is 16.5. The van der Waals surface area contributed by atoms with Gasteiger partial charge >= 0.3 is 0 Å². The Hall–Kier alpha value is -2.27. The third-order valence-electron chi connectivity index (χ3n) is 3.06. The number of methoxy groups -OCH3 is 1. The number of carbonyl (C=O) groups excluding carboxylic acids is 1. The molecule has 0 amide bonds. The first-order valence-electron chi connectivity index (χ1n) is 6.26. The SMILES string of the molecule is COC(C)(C)C(=O)/C(=C/c1ccccc1)n1cncn1. The van der Waals surface area contributed by atoms with Crippen LogP contribution in [-0.2, 0) is 9.53 Å². The summed E-state index contributed by atoms with van der Waals surface area (Å²) in [6.45, 7) is 3.45. The molecule has 0 N–H and O–H groups in total. The predicted molar refractivity (Wildman–Crippen MR) is 76.7 cm³/mol. The third-order valence-corrected chi connectivity index (χ3v) is 3.06. The van der Waals surface area contributed by atoms with Crippen LogP contribution in [0.4, 0.5) is 0 Å². The summed E-state index contributed by atoms with van der Waals surface area (Å²) in [5.74, 6) is -0.158. The highest BCUT2D eigenvalue weighted by atomic mass is 16.5. The van der Waals surface area contributed by atoms with E-state index in [-0.39, 0.29) is 5.78 Å². The van der Waals surface area contributed by atoms with Crippen molar-refractivity contribution in [2.75, 3.05) is 7.11 Å². The van der Waals surface area contributed by atoms with Crippen LogP contribution in [0, 0.1) is 0 Å². The molecule has 0 radical (unpaired) electrons. The van der Waals surface area contributed by atoms with E-state index in [1.54, 1.807) is 19.9 Å². The summed E-state index contributed by atoms with van der Waals surface area (Å²) in [6, 6.07) is 9.59. The molecule has 0 aliphatic rings. The topological polar surface area (TPSA) is 57.0 Å². The minimum absolute atomic E-state index is 0.158. The van der Waals surface area contributed by atoms with E-state index in [0.717, 1.165) is 5.56 Å². The molecule has 1 heterocycles. The van der Waals surface area contributed by atoms with Crippen molar-refractivity contribution in [1.82, 2.24) is 14.8 Å². The highest BCUT2D eigenvalue weighted by Crippen LogP contribution is 2.20. The number of ketones is 1. The molecule has 2 aromatic rings. The monoisotopic (exact) mass is 271 g/mol. The molecule has 0 aliphatic carbocycles. The van der Waals surface area contributed by atoms with Crippen molar-refractivity contribution in [1.29, 1.82) is 0 Å². The van der Waals surface area contributed by atoms with Gasteiger partial charge in [-0.3, -0.25) is 4.79 Å². The zero-order valence-electron chi connectivity index (χ0n) is 11.8. The van der Waals surface area contributed by atoms with Crippen LogP contribution in [0.3, 0.4) is 0 Å². The van der Waals surface area contributed by atoms with Crippen LogP contribution in [0.5, 0.6) is 0 Å². The van der Waals surface area contributed by atoms with Crippen LogP contribution in [0.2, 0.25) is 0 Å². The smallest absolute Gasteiger partial charge is 0.212 e. The molecule has 5 nitrogen and oxygen atoms in total. The summed E-state index contributed by atoms with van der Waals surface area (Å²) >= 11 is 0. The number of hydrogen-bond acceptors (Lipinski definition) is 4. The summed E-state index contributed by atoms with van der Waals surface area (Å²) < 4.78 is 6.72. The van der Waals surface area contributed by atoms with Crippen molar-refractivity contribution < 1.29 is 9.53 Å². The van der Waals surface area contributed by atoms with Gasteiger partial charge in [0.1, 0.15) is 24.0 Å². The van der Waals surface area contributed by atoms with Crippen LogP contribution in [-0.4, -0.2) is 33.3 Å². The summed E-state index contributed by atoms with van der Waals surface area (Å²) in [5, 5.41) is 4.04. The lowest BCUT2D eigenvalue weighted by Crippen LogP contribution is -2.35. The molecule has 0 spiro atoms. The molecule has 0 saturated carbocycles. The maximum atomic E-state index is 12.6. The van der Waals surface area contributed by atoms with Gasteiger partial charge in [-0.15, -0.1) is 0 Å². The van der Waals surface area contributed by atoms with Crippen LogP contribution < -0.4 is 0 Å². The lowest BCUT2D eigenvalue weighted by molar-refractivity contribution is -0.131. The molecule has 0 fully saturated rings. The van der Waals surface area contributed by atoms with Gasteiger partial charge in [-0.05, 0) is 25.5 Å². The average Bonchev–Trinajstić information content (AvgIpc) is 2.99. The van der Waals surface area contributed by atoms with Gasteiger partial charge in [0.25, 0.3) is 0 Å². The van der Waals surface area contributed by atoms with Crippen LogP contribution in [0.1, 0.15) is 19.4 Å². The van der Waals surface area contributed by atoms with E-state index >= 15 is 0 Å². The fourth-order valence-corrected chi connectivity index (χ4v) is 1.68. The van der Waals surface area contributed by atoms with Gasteiger partial charge in [0.2, 0.25) is 5.78 Å². The fraction of sp³-hybridized carbons (Fsp3) is 0.267. The standard InChI is InChI=1S/C15H17N3O2/c1-15(2,20-3)14(19)13(18-11-16-10-17-18)9-12-7-5-4-6-8-12/h4-11H,1-3H3/b13-9-. The van der Waals surface area contributed by atoms with Crippen molar-refractivity contribution in [3.05, 3.63) is 48.5 Å². The molecule has 20 heavy (non-hydrogen) atoms. The molecule has 2 rings (SSSR count). The second-order valence-electron chi connectivity index (χ2n) is 4.82. The van der Waals surface area contributed by atoms with Crippen LogP contribution in [0.15, 0.2) is 43.0 Å². The number of hydrogen-bond donors (Lipinski definition) is 0. The number of rotatable bonds is 5. The zero-order chi connectivity index (χ0) is 14.6. The van der Waals surface area contributed by atoms with E-state index in [0.29, 0.717) is 5.70 Å². The van der Waals surface area contributed by atoms with E-state index < -0.39 is 5.60 Å². The Morgan fingerprint density at radius 3 is 2.55 bits per heavy atom. The maximum Gasteiger partial charge on any atom is 0.212 e. The molecule has 0 saturated heterocycles. The number of ether oxygens (including phenoxy) is 1. The quantitative estimate of drug-likeness (QED) is 0.783. The number of carbonyl (C=O) groups is 1. The lowest BCUT2D eigenvalue weighted by Gasteiger charge is -2.22. The van der Waals surface area contributed by atoms with Gasteiger partial charge in [0.05, 0.1) is 0 Å². The number of aromatic nitrogens is 3. The Bertz CT molecular complexity index is 601. The van der Waals surface area contributed by atoms with Gasteiger partial charge in [-0.25, -0.2) is 9.67 Å². The highest BCUT2D eigenvalue weighted by molar-refractivity contribution is 6.23. The first-order chi connectivity index (χ1) is 9.54. The minimum Gasteiger partial charge on any atom is -0.371 e. The Morgan fingerprint density at radius 2 is 2.00 bits per heavy atom. The van der Waals surface area contributed by atoms with Crippen LogP contribution >= 0.6 is 0 Å². The van der Waals surface area contributed by atoms with E-state index in [4.69, 9.17) is 4.74 Å². The number of Topliss-reactive ketones (excluding diaryl/α,β-unsaturated/α-hetero) is 1. The molecular formula is C15H17N3O2. The largest absolute Gasteiger partial charge is 0.371 e. The Labute approximate surface area is 117 Å². The molecular weight excluding hydrogens is 254 g/mol. The van der Waals surface area contributed by atoms with E-state index in [1.807, 2.05) is 30.3 Å². The molecule has 0 aliphatic heterocycles. The van der Waals surface area contributed by atoms with Crippen molar-refractivity contribution in [2.24, 2.45) is 0 Å². The van der Waals surface area contributed by atoms with E-state index in [2.05, 4.69) is 10.1 Å². The first kappa shape index (κ1) is 14.1. The molecule has 0 bridgehead atoms. The Balaban J connectivity index is 2.47. The normalized spacial score (nSPS) is 12.4. The van der Waals surface area contributed by atoms with Gasteiger partial charge in [-0.2, -0.15) is 5.10 Å². The molecule has 1 aromatic carbocycles. The molecule has 0 unspecified atom stereocenters. The molecule has 1 aromatic heterocycles. The fourth-order valence-electron chi connectivity index (χ4n) is 1.68. The first-order valence-corrected chi connectivity index (χ1v) is 6.26. The molecule has 0 atom stereocenters. The van der Waals surface area contributed by atoms with E-state index in [9.17, 15) is 4.79 Å². The van der Waals surface area contributed by atoms with E-state index in [1.165, 1.54) is 24.4 Å². The van der Waals surface area contributed by atoms with Gasteiger partial charge in [-0.1, -0.05) is 30.3 Å². The van der Waals surface area contributed by atoms with Gasteiger partial charge in [0, 0.05) is 7.11 Å². The van der Waals surface area contributed by atoms with Crippen molar-refractivity contribution >= 4 is 17.6 Å². The lowest BCUT2D eigenvalue weighted by atomic mass is 9.99. The highest BCUT2D eigenvalue weighted by Gasteiger charge is 2.31. The Morgan fingerprint density at radius 1 is 1.30 bits per heavy atom. The predicted octanol–water partition coefficient (Wildman–Crippen LogP) is 2.27. The second-order valence-corrected chi connectivity index (χ2v) is 4.82. The van der Waals surface area contributed by atoms with Crippen LogP contribution in [0.25, 0.3) is 11.8 Å². The minimum atomic E-state index is -0.924. The Kier molecular flexibility index (Phi) is 4.10. The molecule has 5 heteroatoms. The second kappa shape index (κ2) is 5.79. The zero-order valence-corrected chi connectivity index (χ0v) is 11.8. The summed E-state index contributed by atoms with van der Waals surface area (Å²) in [7, 11) is 1.51. The van der Waals surface area contributed by atoms with Crippen molar-refractivity contribution in [3.63, 3.8) is 0 Å². The summed E-state index contributed by atoms with van der Waals surface area (Å²) in [6.07, 6.45) is 4.67. The van der Waals surface area contributed by atoms with Crippen molar-refractivity contribution in [3.8, 4) is 0 Å². The number of benzene rings is 1. The van der Waals surface area contributed by atoms with Gasteiger partial charge < -0.3 is 4.74 Å². The number of nitrogens with zero attached hydrogens (tertiary/aromatic N) is 3.